The van der Waals surface area contributed by atoms with E-state index in [1.165, 1.54) is 24.3 Å². The van der Waals surface area contributed by atoms with Crippen LogP contribution < -0.4 is 0 Å². The van der Waals surface area contributed by atoms with E-state index in [-0.39, 0.29) is 56.3 Å². The largest absolute Gasteiger partial charge is 0.524 e. The molecule has 0 bridgehead atoms. The number of rotatable bonds is 2. The quantitative estimate of drug-likeness (QED) is 0.443. The van der Waals surface area contributed by atoms with Crippen LogP contribution in [0.2, 0.25) is 0 Å². The van der Waals surface area contributed by atoms with E-state index in [4.69, 9.17) is 0 Å². The van der Waals surface area contributed by atoms with Crippen molar-refractivity contribution in [3.8, 4) is 0 Å². The molecule has 5 nitrogen and oxygen atoms in total. The second kappa shape index (κ2) is 6.61. The maximum atomic E-state index is 11.3. The Morgan fingerprint density at radius 1 is 1.20 bits per heavy atom. The summed E-state index contributed by atoms with van der Waals surface area (Å²) >= 11 is 0. The van der Waals surface area contributed by atoms with Gasteiger partial charge in [-0.25, -0.2) is 4.79 Å². The fourth-order valence-electron chi connectivity index (χ4n) is 0.759. The first kappa shape index (κ1) is 15.1. The second-order valence-electron chi connectivity index (χ2n) is 2.30. The van der Waals surface area contributed by atoms with Gasteiger partial charge in [0.2, 0.25) is 0 Å². The van der Waals surface area contributed by atoms with Crippen LogP contribution in [0.25, 0.3) is 0 Å². The number of benzene rings is 1. The van der Waals surface area contributed by atoms with Gasteiger partial charge in [0.15, 0.2) is 0 Å². The van der Waals surface area contributed by atoms with Crippen LogP contribution in [0, 0.1) is 0 Å². The van der Waals surface area contributed by atoms with Gasteiger partial charge in [-0.3, -0.25) is 0 Å². The van der Waals surface area contributed by atoms with Gasteiger partial charge in [0.05, 0.1) is 7.11 Å². The van der Waals surface area contributed by atoms with Gasteiger partial charge in [-0.2, -0.15) is 8.42 Å². The number of hydrogen-bond acceptors (Lipinski definition) is 5. The smallest absolute Gasteiger partial charge is 0.437 e. The van der Waals surface area contributed by atoms with Crippen LogP contribution in [0.5, 0.6) is 0 Å². The van der Waals surface area contributed by atoms with E-state index in [1.807, 2.05) is 0 Å². The summed E-state index contributed by atoms with van der Waals surface area (Å²) in [5.74, 6) is 0. The molecule has 1 aromatic rings. The van der Waals surface area contributed by atoms with E-state index in [1.54, 1.807) is 6.07 Å². The summed E-state index contributed by atoms with van der Waals surface area (Å²) in [5.41, 5.74) is 0. The molecule has 0 fully saturated rings. The van der Waals surface area contributed by atoms with E-state index in [9.17, 15) is 13.2 Å². The first-order chi connectivity index (χ1) is 6.56. The molecule has 77 valence electrons. The van der Waals surface area contributed by atoms with Crippen molar-refractivity contribution in [1.29, 1.82) is 0 Å². The Labute approximate surface area is 130 Å². The minimum atomic E-state index is -4.05. The van der Waals surface area contributed by atoms with E-state index in [0.717, 1.165) is 7.11 Å². The van der Waals surface area contributed by atoms with E-state index >= 15 is 0 Å². The predicted molar refractivity (Wildman–Crippen MR) is 52.9 cm³/mol. The van der Waals surface area contributed by atoms with E-state index in [0.29, 0.717) is 0 Å². The molecule has 0 atom stereocenters. The number of ether oxygens (including phenoxy) is 1. The Kier molecular flexibility index (Phi) is 6.65. The average molecular weight is 255 g/mol. The van der Waals surface area contributed by atoms with Crippen molar-refractivity contribution in [2.45, 2.75) is 4.90 Å². The van der Waals surface area contributed by atoms with Gasteiger partial charge < -0.3 is 8.92 Å². The van der Waals surface area contributed by atoms with E-state index in [2.05, 4.69) is 8.92 Å². The fraction of sp³-hybridized carbons (Fsp3) is 0.125. The van der Waals surface area contributed by atoms with Crippen molar-refractivity contribution < 1.29 is 22.1 Å². The molecule has 1 rings (SSSR count). The zero-order valence-corrected chi connectivity index (χ0v) is 12.3. The number of methoxy groups -OCH3 is 1. The molecule has 0 spiro atoms. The van der Waals surface area contributed by atoms with Crippen molar-refractivity contribution in [2.24, 2.45) is 0 Å². The number of hydrogen-bond donors (Lipinski definition) is 0. The molecule has 0 heterocycles. The first-order valence-electron chi connectivity index (χ1n) is 3.64. The molecule has 0 aromatic heterocycles. The van der Waals surface area contributed by atoms with Crippen molar-refractivity contribution in [2.75, 3.05) is 7.11 Å². The molecule has 1 aromatic carbocycles. The van der Waals surface area contributed by atoms with Gasteiger partial charge >= 0.3 is 16.3 Å². The van der Waals surface area contributed by atoms with Crippen molar-refractivity contribution >= 4 is 67.7 Å². The monoisotopic (exact) mass is 255 g/mol. The fourth-order valence-corrected chi connectivity index (χ4v) is 1.59. The van der Waals surface area contributed by atoms with Crippen molar-refractivity contribution in [1.82, 2.24) is 0 Å². The third-order valence-corrected chi connectivity index (χ3v) is 2.58. The molecule has 0 amide bonds. The van der Waals surface area contributed by atoms with Gasteiger partial charge in [0, 0.05) is 51.4 Å². The standard InChI is InChI=1S/C8H8O5S.K/c1-12-8(9)13-14(10,11)7-5-3-2-4-6-7;/h2-6H,1H3;. The summed E-state index contributed by atoms with van der Waals surface area (Å²) in [6, 6.07) is 7.33. The van der Waals surface area contributed by atoms with Gasteiger partial charge in [-0.05, 0) is 12.1 Å². The predicted octanol–water partition coefficient (Wildman–Crippen LogP) is 0.777. The van der Waals surface area contributed by atoms with Crippen molar-refractivity contribution in [3.63, 3.8) is 0 Å². The molecule has 7 heteroatoms. The Bertz CT molecular complexity index is 414. The summed E-state index contributed by atoms with van der Waals surface area (Å²) in [6.07, 6.45) is -1.26. The Hall–Kier alpha value is 0.0764. The van der Waals surface area contributed by atoms with Crippen LogP contribution >= 0.6 is 0 Å². The zero-order valence-electron chi connectivity index (χ0n) is 8.34. The summed E-state index contributed by atoms with van der Waals surface area (Å²) < 4.78 is 30.7. The molecule has 0 N–H and O–H groups in total. The topological polar surface area (TPSA) is 69.7 Å². The van der Waals surface area contributed by atoms with Crippen LogP contribution in [0.4, 0.5) is 4.79 Å². The maximum absolute atomic E-state index is 11.3. The van der Waals surface area contributed by atoms with Gasteiger partial charge in [-0.1, -0.05) is 18.2 Å². The van der Waals surface area contributed by atoms with Crippen LogP contribution in [-0.2, 0) is 19.0 Å². The number of carbonyl (C=O) groups excluding carboxylic acids is 1. The van der Waals surface area contributed by atoms with Crippen LogP contribution in [0.3, 0.4) is 0 Å². The van der Waals surface area contributed by atoms with Crippen LogP contribution in [0.1, 0.15) is 0 Å². The summed E-state index contributed by atoms with van der Waals surface area (Å²) in [7, 11) is -3.02. The molecule has 0 aliphatic rings. The van der Waals surface area contributed by atoms with Gasteiger partial charge in [0.1, 0.15) is 4.90 Å². The SMILES string of the molecule is COC(=O)OS(=O)(=O)c1ccccc1.[K]. The van der Waals surface area contributed by atoms with E-state index < -0.39 is 16.3 Å². The molecular formula is C8H8KO5S. The third-order valence-electron chi connectivity index (χ3n) is 1.38. The minimum Gasteiger partial charge on any atom is -0.437 e. The molecule has 0 saturated carbocycles. The summed E-state index contributed by atoms with van der Waals surface area (Å²) in [5, 5.41) is 0. The Balaban J connectivity index is 0.00000196. The zero-order chi connectivity index (χ0) is 10.6. The molecule has 1 radical (unpaired) electrons. The van der Waals surface area contributed by atoms with Gasteiger partial charge in [0.25, 0.3) is 0 Å². The molecule has 0 aliphatic heterocycles. The van der Waals surface area contributed by atoms with Crippen molar-refractivity contribution in [3.05, 3.63) is 30.3 Å². The van der Waals surface area contributed by atoms with Crippen LogP contribution in [0.15, 0.2) is 35.2 Å². The first-order valence-corrected chi connectivity index (χ1v) is 5.04. The second-order valence-corrected chi connectivity index (χ2v) is 3.85. The maximum Gasteiger partial charge on any atom is 0.524 e. The third kappa shape index (κ3) is 4.62. The molecule has 0 saturated heterocycles. The Morgan fingerprint density at radius 2 is 1.73 bits per heavy atom. The Morgan fingerprint density at radius 3 is 2.20 bits per heavy atom. The minimum absolute atomic E-state index is 0. The summed E-state index contributed by atoms with van der Waals surface area (Å²) in [4.78, 5) is 10.5. The normalized spacial score (nSPS) is 9.93. The van der Waals surface area contributed by atoms with Crippen LogP contribution in [-0.4, -0.2) is 73.1 Å². The number of carbonyl (C=O) groups is 1. The van der Waals surface area contributed by atoms with Gasteiger partial charge in [-0.15, -0.1) is 0 Å². The molecule has 0 aliphatic carbocycles. The molecular weight excluding hydrogens is 247 g/mol. The molecule has 0 unspecified atom stereocenters. The molecule has 15 heavy (non-hydrogen) atoms. The summed E-state index contributed by atoms with van der Waals surface area (Å²) in [6.45, 7) is 0. The average Bonchev–Trinajstić information content (AvgIpc) is 2.18.